The van der Waals surface area contributed by atoms with Gasteiger partial charge in [0.05, 0.1) is 18.0 Å². The Kier molecular flexibility index (Phi) is 9.52. The molecule has 1 aliphatic rings. The summed E-state index contributed by atoms with van der Waals surface area (Å²) >= 11 is 0. The molecule has 0 fully saturated rings. The van der Waals surface area contributed by atoms with Crippen LogP contribution >= 0.6 is 0 Å². The molecule has 0 amide bonds. The summed E-state index contributed by atoms with van der Waals surface area (Å²) in [5.41, 5.74) is 10.6. The SMILES string of the molecule is CC(C)c1cccc(C(C)C)c1-c1ccnc(-n2c3[c-]c(Oc4[c-]c(N5CN(C(C)C)c6ccccc65)ccc4)ccc3c3ccccc32)c1.[Pt+2]. The van der Waals surface area contributed by atoms with Crippen LogP contribution < -0.4 is 14.5 Å². The second kappa shape index (κ2) is 14.0. The minimum absolute atomic E-state index is 0. The van der Waals surface area contributed by atoms with Crippen molar-refractivity contribution in [1.82, 2.24) is 9.55 Å². The molecule has 6 heteroatoms. The van der Waals surface area contributed by atoms with Crippen molar-refractivity contribution in [1.29, 1.82) is 0 Å². The van der Waals surface area contributed by atoms with Gasteiger partial charge in [0.1, 0.15) is 5.82 Å². The van der Waals surface area contributed by atoms with Gasteiger partial charge in [0, 0.05) is 29.3 Å². The summed E-state index contributed by atoms with van der Waals surface area (Å²) in [6.45, 7) is 14.3. The van der Waals surface area contributed by atoms with Gasteiger partial charge in [-0.1, -0.05) is 87.4 Å². The Morgan fingerprint density at radius 2 is 1.35 bits per heavy atom. The number of ether oxygens (including phenoxy) is 1. The van der Waals surface area contributed by atoms with Crippen molar-refractivity contribution >= 4 is 38.9 Å². The van der Waals surface area contributed by atoms with Crippen LogP contribution in [0.4, 0.5) is 17.1 Å². The average Bonchev–Trinajstić information content (AvgIpc) is 3.68. The Morgan fingerprint density at radius 3 is 2.10 bits per heavy atom. The van der Waals surface area contributed by atoms with Gasteiger partial charge in [-0.15, -0.1) is 35.7 Å². The first-order valence-corrected chi connectivity index (χ1v) is 17.7. The number of para-hydroxylation sites is 3. The van der Waals surface area contributed by atoms with Crippen molar-refractivity contribution in [2.75, 3.05) is 16.5 Å². The van der Waals surface area contributed by atoms with E-state index in [-0.39, 0.29) is 21.1 Å². The van der Waals surface area contributed by atoms with Crippen molar-refractivity contribution in [3.05, 3.63) is 139 Å². The van der Waals surface area contributed by atoms with E-state index in [1.54, 1.807) is 0 Å². The summed E-state index contributed by atoms with van der Waals surface area (Å²) < 4.78 is 8.75. The van der Waals surface area contributed by atoms with Crippen LogP contribution in [0.5, 0.6) is 11.5 Å². The molecule has 0 unspecified atom stereocenters. The maximum absolute atomic E-state index is 6.53. The molecule has 5 aromatic carbocycles. The van der Waals surface area contributed by atoms with E-state index >= 15 is 0 Å². The first kappa shape index (κ1) is 34.6. The minimum atomic E-state index is 0. The molecule has 0 N–H and O–H groups in total. The van der Waals surface area contributed by atoms with E-state index in [1.165, 1.54) is 33.6 Å². The van der Waals surface area contributed by atoms with E-state index in [2.05, 4.69) is 159 Å². The molecule has 5 nitrogen and oxygen atoms in total. The van der Waals surface area contributed by atoms with Gasteiger partial charge < -0.3 is 19.1 Å². The summed E-state index contributed by atoms with van der Waals surface area (Å²) in [5, 5.41) is 2.25. The summed E-state index contributed by atoms with van der Waals surface area (Å²) in [7, 11) is 0. The van der Waals surface area contributed by atoms with E-state index in [1.807, 2.05) is 24.4 Å². The molecule has 0 atom stereocenters. The van der Waals surface area contributed by atoms with Crippen LogP contribution in [0.15, 0.2) is 115 Å². The van der Waals surface area contributed by atoms with Crippen LogP contribution in [0, 0.1) is 12.1 Å². The molecule has 3 heterocycles. The summed E-state index contributed by atoms with van der Waals surface area (Å²) in [6, 6.07) is 45.9. The zero-order valence-corrected chi connectivity index (χ0v) is 32.2. The Labute approximate surface area is 315 Å². The second-order valence-electron chi connectivity index (χ2n) is 14.1. The van der Waals surface area contributed by atoms with Gasteiger partial charge in [-0.2, -0.15) is 12.1 Å². The van der Waals surface area contributed by atoms with E-state index in [9.17, 15) is 0 Å². The Hall–Kier alpha value is -4.86. The fraction of sp³-hybridized carbons (Fsp3) is 0.222. The van der Waals surface area contributed by atoms with Crippen LogP contribution in [0.2, 0.25) is 0 Å². The number of pyridine rings is 1. The number of anilines is 3. The molecular weight excluding hydrogens is 808 g/mol. The van der Waals surface area contributed by atoms with Crippen molar-refractivity contribution in [2.45, 2.75) is 59.4 Å². The number of nitrogens with zero attached hydrogens (tertiary/aromatic N) is 4. The van der Waals surface area contributed by atoms with E-state index in [0.29, 0.717) is 29.4 Å². The van der Waals surface area contributed by atoms with Crippen molar-refractivity contribution in [3.8, 4) is 28.4 Å². The molecule has 51 heavy (non-hydrogen) atoms. The fourth-order valence-corrected chi connectivity index (χ4v) is 7.41. The van der Waals surface area contributed by atoms with Crippen molar-refractivity contribution in [3.63, 3.8) is 0 Å². The number of aromatic nitrogens is 2. The van der Waals surface area contributed by atoms with E-state index in [4.69, 9.17) is 9.72 Å². The number of hydrogen-bond acceptors (Lipinski definition) is 4. The molecule has 258 valence electrons. The molecule has 1 aliphatic heterocycles. The largest absolute Gasteiger partial charge is 2.00 e. The predicted molar refractivity (Wildman–Crippen MR) is 207 cm³/mol. The zero-order valence-electron chi connectivity index (χ0n) is 29.9. The van der Waals surface area contributed by atoms with Crippen LogP contribution in [0.25, 0.3) is 38.8 Å². The third-order valence-electron chi connectivity index (χ3n) is 9.86. The quantitative estimate of drug-likeness (QED) is 0.143. The van der Waals surface area contributed by atoms with Gasteiger partial charge in [0.15, 0.2) is 0 Å². The Morgan fingerprint density at radius 1 is 0.667 bits per heavy atom. The van der Waals surface area contributed by atoms with Gasteiger partial charge in [0.2, 0.25) is 0 Å². The normalized spacial score (nSPS) is 12.7. The zero-order chi connectivity index (χ0) is 34.5. The topological polar surface area (TPSA) is 33.5 Å². The molecule has 0 saturated heterocycles. The number of benzene rings is 5. The molecular formula is C45H42N4OPt. The Bertz CT molecular complexity index is 2330. The average molecular weight is 850 g/mol. The minimum Gasteiger partial charge on any atom is -0.509 e. The summed E-state index contributed by atoms with van der Waals surface area (Å²) in [4.78, 5) is 9.66. The van der Waals surface area contributed by atoms with Gasteiger partial charge in [-0.3, -0.25) is 0 Å². The van der Waals surface area contributed by atoms with Gasteiger partial charge in [-0.05, 0) is 83.7 Å². The van der Waals surface area contributed by atoms with Gasteiger partial charge in [0.25, 0.3) is 0 Å². The molecule has 8 rings (SSSR count). The molecule has 0 radical (unpaired) electrons. The van der Waals surface area contributed by atoms with Crippen molar-refractivity contribution < 1.29 is 25.8 Å². The monoisotopic (exact) mass is 849 g/mol. The van der Waals surface area contributed by atoms with E-state index < -0.39 is 0 Å². The molecule has 2 aromatic heterocycles. The number of rotatable bonds is 8. The molecule has 7 aromatic rings. The third kappa shape index (κ3) is 6.23. The van der Waals surface area contributed by atoms with Crippen LogP contribution in [0.3, 0.4) is 0 Å². The number of hydrogen-bond donors (Lipinski definition) is 0. The predicted octanol–water partition coefficient (Wildman–Crippen LogP) is 11.8. The maximum atomic E-state index is 6.53. The van der Waals surface area contributed by atoms with Crippen LogP contribution in [-0.2, 0) is 21.1 Å². The summed E-state index contributed by atoms with van der Waals surface area (Å²) in [5.74, 6) is 2.92. The maximum Gasteiger partial charge on any atom is 2.00 e. The molecule has 0 bridgehead atoms. The summed E-state index contributed by atoms with van der Waals surface area (Å²) in [6.07, 6.45) is 1.93. The van der Waals surface area contributed by atoms with Gasteiger partial charge in [-0.25, -0.2) is 4.98 Å². The standard InChI is InChI=1S/C45H42N4O.Pt/c1-29(2)36-16-12-17-37(30(3)4)45(36)32-23-24-46-44(25-32)49-40-18-8-7-15-38(40)39-22-21-35(27-43(39)49)50-34-14-11-13-33(26-34)48-28-47(31(5)6)41-19-9-10-20-42(41)48;/h7-25,29-31H,28H2,1-6H3;/q-2;+2. The smallest absolute Gasteiger partial charge is 0.509 e. The molecule has 0 spiro atoms. The van der Waals surface area contributed by atoms with Crippen LogP contribution in [-0.4, -0.2) is 22.3 Å². The van der Waals surface area contributed by atoms with Gasteiger partial charge >= 0.3 is 21.1 Å². The first-order valence-electron chi connectivity index (χ1n) is 17.7. The number of fused-ring (bicyclic) bond motifs is 4. The Balaban J connectivity index is 0.00000406. The van der Waals surface area contributed by atoms with Crippen LogP contribution in [0.1, 0.15) is 64.5 Å². The van der Waals surface area contributed by atoms with Crippen molar-refractivity contribution in [2.24, 2.45) is 0 Å². The first-order chi connectivity index (χ1) is 24.3. The van der Waals surface area contributed by atoms with E-state index in [0.717, 1.165) is 40.0 Å². The fourth-order valence-electron chi connectivity index (χ4n) is 7.41. The third-order valence-corrected chi connectivity index (χ3v) is 9.86. The molecule has 0 saturated carbocycles. The second-order valence-corrected chi connectivity index (χ2v) is 14.1. The molecule has 0 aliphatic carbocycles.